The number of nitro groups is 1. The van der Waals surface area contributed by atoms with Crippen molar-refractivity contribution in [2.24, 2.45) is 0 Å². The SMILES string of the molecule is CCCC(=Cc1ccc(OCCCC(=O)NCC(=O)O)c(Cl)c1Cl)[N+](=O)[O-]. The minimum Gasteiger partial charge on any atom is -0.492 e. The predicted octanol–water partition coefficient (Wildman–Crippen LogP) is 3.77. The zero-order valence-corrected chi connectivity index (χ0v) is 16.2. The van der Waals surface area contributed by atoms with Crippen LogP contribution >= 0.6 is 23.2 Å². The number of benzene rings is 1. The molecule has 1 aromatic carbocycles. The van der Waals surface area contributed by atoms with Crippen LogP contribution in [0.3, 0.4) is 0 Å². The number of carbonyl (C=O) groups excluding carboxylic acids is 1. The van der Waals surface area contributed by atoms with Gasteiger partial charge in [0.05, 0.1) is 16.6 Å². The number of allylic oxidation sites excluding steroid dienone is 1. The third-order valence-electron chi connectivity index (χ3n) is 3.38. The molecule has 0 spiro atoms. The third kappa shape index (κ3) is 7.84. The third-order valence-corrected chi connectivity index (χ3v) is 4.26. The number of amides is 1. The lowest BCUT2D eigenvalue weighted by Gasteiger charge is -2.10. The highest BCUT2D eigenvalue weighted by atomic mass is 35.5. The van der Waals surface area contributed by atoms with Gasteiger partial charge in [-0.05, 0) is 25.0 Å². The quantitative estimate of drug-likeness (QED) is 0.320. The molecule has 0 saturated carbocycles. The standard InChI is InChI=1S/C17H20Cl2N2O6/c1-2-4-12(21(25)26)9-11-6-7-13(17(19)16(11)18)27-8-3-5-14(22)20-10-15(23)24/h6-7,9H,2-5,8,10H2,1H3,(H,20,22)(H,23,24). The summed E-state index contributed by atoms with van der Waals surface area (Å²) < 4.78 is 5.48. The van der Waals surface area contributed by atoms with Crippen molar-refractivity contribution in [3.8, 4) is 5.75 Å². The summed E-state index contributed by atoms with van der Waals surface area (Å²) in [4.78, 5) is 32.3. The molecule has 0 aliphatic rings. The zero-order valence-electron chi connectivity index (χ0n) is 14.7. The van der Waals surface area contributed by atoms with Gasteiger partial charge < -0.3 is 15.2 Å². The number of carboxylic acids is 1. The maximum atomic E-state index is 11.4. The van der Waals surface area contributed by atoms with Crippen molar-refractivity contribution >= 4 is 41.2 Å². The molecule has 8 nitrogen and oxygen atoms in total. The van der Waals surface area contributed by atoms with E-state index in [2.05, 4.69) is 5.32 Å². The Morgan fingerprint density at radius 2 is 2.00 bits per heavy atom. The van der Waals surface area contributed by atoms with Gasteiger partial charge in [-0.15, -0.1) is 0 Å². The first kappa shape index (κ1) is 22.7. The largest absolute Gasteiger partial charge is 0.492 e. The van der Waals surface area contributed by atoms with E-state index in [0.29, 0.717) is 30.6 Å². The number of ether oxygens (including phenoxy) is 1. The Bertz CT molecular complexity index is 736. The summed E-state index contributed by atoms with van der Waals surface area (Å²) in [5.41, 5.74) is 0.457. The highest BCUT2D eigenvalue weighted by molar-refractivity contribution is 6.43. The smallest absolute Gasteiger partial charge is 0.322 e. The fourth-order valence-electron chi connectivity index (χ4n) is 2.10. The molecule has 0 atom stereocenters. The second kappa shape index (κ2) is 11.4. The summed E-state index contributed by atoms with van der Waals surface area (Å²) in [7, 11) is 0. The average molecular weight is 419 g/mol. The molecule has 0 radical (unpaired) electrons. The number of nitrogens with zero attached hydrogens (tertiary/aromatic N) is 1. The van der Waals surface area contributed by atoms with Crippen molar-refractivity contribution in [3.63, 3.8) is 0 Å². The van der Waals surface area contributed by atoms with Crippen LogP contribution in [0.25, 0.3) is 6.08 Å². The first-order valence-electron chi connectivity index (χ1n) is 8.20. The van der Waals surface area contributed by atoms with E-state index < -0.39 is 23.3 Å². The average Bonchev–Trinajstić information content (AvgIpc) is 2.61. The summed E-state index contributed by atoms with van der Waals surface area (Å²) in [6, 6.07) is 3.12. The van der Waals surface area contributed by atoms with Crippen molar-refractivity contribution in [1.29, 1.82) is 0 Å². The van der Waals surface area contributed by atoms with E-state index in [1.165, 1.54) is 6.08 Å². The van der Waals surface area contributed by atoms with Crippen LogP contribution in [-0.4, -0.2) is 35.1 Å². The van der Waals surface area contributed by atoms with Crippen LogP contribution in [0.15, 0.2) is 17.8 Å². The fraction of sp³-hybridized carbons (Fsp3) is 0.412. The molecule has 1 rings (SSSR count). The number of aliphatic carboxylic acids is 1. The zero-order chi connectivity index (χ0) is 20.4. The van der Waals surface area contributed by atoms with E-state index in [-0.39, 0.29) is 28.8 Å². The molecule has 1 amide bonds. The first-order chi connectivity index (χ1) is 12.8. The molecular formula is C17H20Cl2N2O6. The Kier molecular flexibility index (Phi) is 9.60. The number of nitrogens with one attached hydrogen (secondary N) is 1. The summed E-state index contributed by atoms with van der Waals surface area (Å²) in [6.45, 7) is 1.58. The maximum absolute atomic E-state index is 11.4. The van der Waals surface area contributed by atoms with Gasteiger partial charge in [0.2, 0.25) is 11.6 Å². The molecule has 2 N–H and O–H groups in total. The van der Waals surface area contributed by atoms with E-state index >= 15 is 0 Å². The van der Waals surface area contributed by atoms with Gasteiger partial charge in [0.25, 0.3) is 0 Å². The van der Waals surface area contributed by atoms with Crippen LogP contribution in [0.4, 0.5) is 0 Å². The second-order valence-electron chi connectivity index (χ2n) is 5.55. The van der Waals surface area contributed by atoms with Crippen LogP contribution in [-0.2, 0) is 9.59 Å². The van der Waals surface area contributed by atoms with Gasteiger partial charge in [-0.25, -0.2) is 0 Å². The van der Waals surface area contributed by atoms with E-state index in [9.17, 15) is 19.7 Å². The molecule has 0 aliphatic carbocycles. The Morgan fingerprint density at radius 3 is 2.59 bits per heavy atom. The Morgan fingerprint density at radius 1 is 1.30 bits per heavy atom. The van der Waals surface area contributed by atoms with Crippen molar-refractivity contribution in [2.45, 2.75) is 32.6 Å². The Hall–Kier alpha value is -2.32. The van der Waals surface area contributed by atoms with Gasteiger partial charge in [0.1, 0.15) is 17.3 Å². The summed E-state index contributed by atoms with van der Waals surface area (Å²) in [5.74, 6) is -1.22. The number of carboxylic acid groups (broad SMARTS) is 1. The van der Waals surface area contributed by atoms with Crippen LogP contribution < -0.4 is 10.1 Å². The van der Waals surface area contributed by atoms with Gasteiger partial charge in [0, 0.05) is 24.5 Å². The molecule has 27 heavy (non-hydrogen) atoms. The van der Waals surface area contributed by atoms with Crippen molar-refractivity contribution < 1.29 is 24.4 Å². The number of hydrogen-bond donors (Lipinski definition) is 2. The fourth-order valence-corrected chi connectivity index (χ4v) is 2.54. The lowest BCUT2D eigenvalue weighted by atomic mass is 10.1. The molecule has 148 valence electrons. The molecule has 0 fully saturated rings. The summed E-state index contributed by atoms with van der Waals surface area (Å²) in [5, 5.41) is 22.0. The summed E-state index contributed by atoms with van der Waals surface area (Å²) in [6.07, 6.45) is 2.77. The lowest BCUT2D eigenvalue weighted by molar-refractivity contribution is -0.426. The van der Waals surface area contributed by atoms with Crippen LogP contribution in [0.5, 0.6) is 5.75 Å². The normalized spacial score (nSPS) is 11.1. The van der Waals surface area contributed by atoms with Crippen LogP contribution in [0.2, 0.25) is 10.0 Å². The van der Waals surface area contributed by atoms with E-state index in [1.54, 1.807) is 12.1 Å². The first-order valence-corrected chi connectivity index (χ1v) is 8.96. The lowest BCUT2D eigenvalue weighted by Crippen LogP contribution is -2.29. The topological polar surface area (TPSA) is 119 Å². The van der Waals surface area contributed by atoms with Crippen LogP contribution in [0.1, 0.15) is 38.2 Å². The monoisotopic (exact) mass is 418 g/mol. The highest BCUT2D eigenvalue weighted by Gasteiger charge is 2.15. The number of carbonyl (C=O) groups is 2. The molecule has 0 aliphatic heterocycles. The molecule has 0 unspecified atom stereocenters. The van der Waals surface area contributed by atoms with E-state index in [1.807, 2.05) is 6.92 Å². The number of hydrogen-bond acceptors (Lipinski definition) is 5. The molecule has 0 saturated heterocycles. The van der Waals surface area contributed by atoms with Crippen molar-refractivity contribution in [3.05, 3.63) is 43.6 Å². The molecule has 0 heterocycles. The molecule has 1 aromatic rings. The summed E-state index contributed by atoms with van der Waals surface area (Å²) >= 11 is 12.3. The Labute approximate surface area is 166 Å². The van der Waals surface area contributed by atoms with Gasteiger partial charge in [0.15, 0.2) is 0 Å². The van der Waals surface area contributed by atoms with Gasteiger partial charge in [-0.2, -0.15) is 0 Å². The van der Waals surface area contributed by atoms with Crippen molar-refractivity contribution in [2.75, 3.05) is 13.2 Å². The van der Waals surface area contributed by atoms with Gasteiger partial charge in [-0.3, -0.25) is 19.7 Å². The van der Waals surface area contributed by atoms with Crippen LogP contribution in [0, 0.1) is 10.1 Å². The molecule has 10 heteroatoms. The molecule has 0 aromatic heterocycles. The van der Waals surface area contributed by atoms with E-state index in [4.69, 9.17) is 33.0 Å². The van der Waals surface area contributed by atoms with Gasteiger partial charge in [-0.1, -0.05) is 30.1 Å². The minimum absolute atomic E-state index is 0.0384. The molecular weight excluding hydrogens is 399 g/mol. The second-order valence-corrected chi connectivity index (χ2v) is 6.30. The maximum Gasteiger partial charge on any atom is 0.322 e. The van der Waals surface area contributed by atoms with Gasteiger partial charge >= 0.3 is 5.97 Å². The Balaban J connectivity index is 2.68. The highest BCUT2D eigenvalue weighted by Crippen LogP contribution is 2.36. The molecule has 0 bridgehead atoms. The van der Waals surface area contributed by atoms with Crippen molar-refractivity contribution in [1.82, 2.24) is 5.32 Å². The van der Waals surface area contributed by atoms with E-state index in [0.717, 1.165) is 0 Å². The number of rotatable bonds is 11. The predicted molar refractivity (Wildman–Crippen MR) is 102 cm³/mol. The number of halogens is 2. The minimum atomic E-state index is -1.12.